The summed E-state index contributed by atoms with van der Waals surface area (Å²) < 4.78 is 0. The molecular formula is C21H16N2O2S. The second-order valence-electron chi connectivity index (χ2n) is 7.48. The van der Waals surface area contributed by atoms with Gasteiger partial charge in [0.2, 0.25) is 11.8 Å². The third-order valence-corrected chi connectivity index (χ3v) is 7.30. The number of nitrogens with zero attached hydrogens (tertiary/aromatic N) is 2. The number of aromatic nitrogens is 1. The van der Waals surface area contributed by atoms with Crippen LogP contribution in [0.15, 0.2) is 60.1 Å². The third kappa shape index (κ3) is 1.62. The SMILES string of the molecule is O=C1[C@@H]2[C@H](C(=O)N1c1nccs1)[C@@H]1c3ccccc3[C@@H]2[C@@H]2C=CC=C[C@@H]21. The van der Waals surface area contributed by atoms with E-state index in [1.54, 1.807) is 6.20 Å². The smallest absolute Gasteiger partial charge is 0.240 e. The Kier molecular flexibility index (Phi) is 2.82. The number of benzene rings is 1. The molecule has 0 N–H and O–H groups in total. The molecule has 0 unspecified atom stereocenters. The number of hydrogen-bond acceptors (Lipinski definition) is 4. The number of thiazole rings is 1. The number of rotatable bonds is 1. The summed E-state index contributed by atoms with van der Waals surface area (Å²) in [5, 5.41) is 2.32. The number of carbonyl (C=O) groups excluding carboxylic acids is 2. The lowest BCUT2D eigenvalue weighted by atomic mass is 9.48. The molecule has 4 nitrogen and oxygen atoms in total. The highest BCUT2D eigenvalue weighted by molar-refractivity contribution is 7.14. The lowest BCUT2D eigenvalue weighted by molar-refractivity contribution is -0.125. The molecule has 0 spiro atoms. The van der Waals surface area contributed by atoms with Gasteiger partial charge in [-0.1, -0.05) is 48.6 Å². The van der Waals surface area contributed by atoms with Crippen molar-refractivity contribution < 1.29 is 9.59 Å². The summed E-state index contributed by atoms with van der Waals surface area (Å²) in [4.78, 5) is 32.3. The van der Waals surface area contributed by atoms with Crippen molar-refractivity contribution in [3.8, 4) is 0 Å². The van der Waals surface area contributed by atoms with E-state index in [1.807, 2.05) is 17.5 Å². The molecule has 2 fully saturated rings. The minimum absolute atomic E-state index is 0.0637. The van der Waals surface area contributed by atoms with E-state index >= 15 is 0 Å². The molecule has 1 saturated heterocycles. The van der Waals surface area contributed by atoms with Crippen molar-refractivity contribution in [2.75, 3.05) is 4.90 Å². The van der Waals surface area contributed by atoms with Gasteiger partial charge >= 0.3 is 0 Å². The highest BCUT2D eigenvalue weighted by Gasteiger charge is 2.65. The van der Waals surface area contributed by atoms with Crippen LogP contribution in [0.2, 0.25) is 0 Å². The van der Waals surface area contributed by atoms with Crippen LogP contribution in [0.4, 0.5) is 5.13 Å². The molecule has 4 aliphatic carbocycles. The lowest BCUT2D eigenvalue weighted by Crippen LogP contribution is -2.49. The first-order chi connectivity index (χ1) is 12.8. The van der Waals surface area contributed by atoms with Crippen molar-refractivity contribution in [1.82, 2.24) is 4.98 Å². The molecule has 26 heavy (non-hydrogen) atoms. The quantitative estimate of drug-likeness (QED) is 0.732. The number of allylic oxidation sites excluding steroid dienone is 4. The zero-order valence-corrected chi connectivity index (χ0v) is 14.7. The standard InChI is InChI=1S/C21H16N2O2S/c24-19-17-15-11-5-1-2-6-12(11)16(14-8-4-3-7-13(14)15)18(17)20(25)23(19)21-22-9-10-26-21/h1-12,15-18H/t11-,12+,15-,16-,17+,18-/m0/s1. The van der Waals surface area contributed by atoms with E-state index in [9.17, 15) is 9.59 Å². The van der Waals surface area contributed by atoms with Gasteiger partial charge < -0.3 is 0 Å². The van der Waals surface area contributed by atoms with Crippen LogP contribution in [0.3, 0.4) is 0 Å². The lowest BCUT2D eigenvalue weighted by Gasteiger charge is -2.53. The van der Waals surface area contributed by atoms with E-state index in [4.69, 9.17) is 0 Å². The van der Waals surface area contributed by atoms with E-state index in [0.29, 0.717) is 5.13 Å². The predicted molar refractivity (Wildman–Crippen MR) is 98.8 cm³/mol. The molecule has 128 valence electrons. The van der Waals surface area contributed by atoms with Gasteiger partial charge in [-0.3, -0.25) is 9.59 Å². The second kappa shape index (κ2) is 5.01. The van der Waals surface area contributed by atoms with Crippen LogP contribution in [0.1, 0.15) is 23.0 Å². The molecule has 1 aliphatic heterocycles. The Morgan fingerprint density at radius 2 is 1.42 bits per heavy atom. The number of carbonyl (C=O) groups is 2. The fourth-order valence-corrected chi connectivity index (χ4v) is 6.39. The monoisotopic (exact) mass is 360 g/mol. The number of amides is 2. The number of imide groups is 1. The highest BCUT2D eigenvalue weighted by atomic mass is 32.1. The zero-order valence-electron chi connectivity index (χ0n) is 13.9. The fraction of sp³-hybridized carbons (Fsp3) is 0.286. The maximum Gasteiger partial charge on any atom is 0.240 e. The second-order valence-corrected chi connectivity index (χ2v) is 8.36. The van der Waals surface area contributed by atoms with E-state index in [-0.39, 0.29) is 47.3 Å². The molecule has 7 rings (SSSR count). The molecule has 5 aliphatic rings. The minimum atomic E-state index is -0.274. The Morgan fingerprint density at radius 1 is 0.846 bits per heavy atom. The molecule has 2 bridgehead atoms. The first kappa shape index (κ1) is 14.6. The van der Waals surface area contributed by atoms with Gasteiger partial charge in [0.05, 0.1) is 11.8 Å². The van der Waals surface area contributed by atoms with Crippen molar-refractivity contribution in [2.24, 2.45) is 23.7 Å². The van der Waals surface area contributed by atoms with Crippen LogP contribution in [0.25, 0.3) is 0 Å². The molecular weight excluding hydrogens is 344 g/mol. The Bertz CT molecular complexity index is 930. The predicted octanol–water partition coefficient (Wildman–Crippen LogP) is 3.50. The Hall–Kier alpha value is -2.53. The molecule has 6 atom stereocenters. The van der Waals surface area contributed by atoms with E-state index in [1.165, 1.54) is 27.4 Å². The van der Waals surface area contributed by atoms with Crippen LogP contribution >= 0.6 is 11.3 Å². The maximum atomic E-state index is 13.4. The average molecular weight is 360 g/mol. The largest absolute Gasteiger partial charge is 0.274 e. The van der Waals surface area contributed by atoms with E-state index in [0.717, 1.165) is 0 Å². The van der Waals surface area contributed by atoms with Crippen molar-refractivity contribution in [3.05, 3.63) is 71.3 Å². The van der Waals surface area contributed by atoms with Gasteiger partial charge in [0.15, 0.2) is 5.13 Å². The minimum Gasteiger partial charge on any atom is -0.274 e. The average Bonchev–Trinajstić information content (AvgIpc) is 3.29. The van der Waals surface area contributed by atoms with Crippen molar-refractivity contribution >= 4 is 28.3 Å². The van der Waals surface area contributed by atoms with Crippen molar-refractivity contribution in [1.29, 1.82) is 0 Å². The van der Waals surface area contributed by atoms with Crippen LogP contribution < -0.4 is 4.90 Å². The molecule has 1 saturated carbocycles. The summed E-state index contributed by atoms with van der Waals surface area (Å²) in [6, 6.07) is 8.39. The summed E-state index contributed by atoms with van der Waals surface area (Å²) in [5.41, 5.74) is 2.50. The molecule has 2 aromatic rings. The normalized spacial score (nSPS) is 36.2. The first-order valence-corrected chi connectivity index (χ1v) is 9.86. The van der Waals surface area contributed by atoms with Crippen LogP contribution in [-0.4, -0.2) is 16.8 Å². The van der Waals surface area contributed by atoms with Gasteiger partial charge in [-0.15, -0.1) is 11.3 Å². The van der Waals surface area contributed by atoms with Gasteiger partial charge in [-0.25, -0.2) is 9.88 Å². The third-order valence-electron chi connectivity index (χ3n) is 6.55. The number of hydrogen-bond donors (Lipinski definition) is 0. The van der Waals surface area contributed by atoms with Crippen molar-refractivity contribution in [3.63, 3.8) is 0 Å². The van der Waals surface area contributed by atoms with E-state index in [2.05, 4.69) is 41.4 Å². The molecule has 2 heterocycles. The highest BCUT2D eigenvalue weighted by Crippen LogP contribution is 2.64. The molecule has 5 heteroatoms. The Balaban J connectivity index is 1.57. The van der Waals surface area contributed by atoms with Crippen molar-refractivity contribution in [2.45, 2.75) is 11.8 Å². The molecule has 2 amide bonds. The van der Waals surface area contributed by atoms with Crippen LogP contribution in [0.5, 0.6) is 0 Å². The summed E-state index contributed by atoms with van der Waals surface area (Å²) in [5.74, 6) is 0.0139. The summed E-state index contributed by atoms with van der Waals surface area (Å²) >= 11 is 1.35. The van der Waals surface area contributed by atoms with E-state index < -0.39 is 0 Å². The van der Waals surface area contributed by atoms with Gasteiger partial charge in [0, 0.05) is 23.4 Å². The maximum absolute atomic E-state index is 13.4. The summed E-state index contributed by atoms with van der Waals surface area (Å²) in [6.45, 7) is 0. The molecule has 1 aromatic carbocycles. The van der Waals surface area contributed by atoms with Gasteiger partial charge in [-0.05, 0) is 23.0 Å². The van der Waals surface area contributed by atoms with Gasteiger partial charge in [0.1, 0.15) is 0 Å². The van der Waals surface area contributed by atoms with Crippen LogP contribution in [0, 0.1) is 23.7 Å². The Morgan fingerprint density at radius 3 is 1.92 bits per heavy atom. The Labute approximate surface area is 154 Å². The molecule has 1 aromatic heterocycles. The fourth-order valence-electron chi connectivity index (χ4n) is 5.74. The van der Waals surface area contributed by atoms with Gasteiger partial charge in [0.25, 0.3) is 0 Å². The first-order valence-electron chi connectivity index (χ1n) is 8.98. The zero-order chi connectivity index (χ0) is 17.4. The van der Waals surface area contributed by atoms with Gasteiger partial charge in [-0.2, -0.15) is 0 Å². The van der Waals surface area contributed by atoms with Crippen LogP contribution in [-0.2, 0) is 9.59 Å². The topological polar surface area (TPSA) is 50.3 Å². The summed E-state index contributed by atoms with van der Waals surface area (Å²) in [7, 11) is 0. The number of anilines is 1. The molecule has 0 radical (unpaired) electrons. The summed E-state index contributed by atoms with van der Waals surface area (Å²) in [6.07, 6.45) is 10.3.